The second-order valence-electron chi connectivity index (χ2n) is 12.4. The molecule has 0 aromatic carbocycles. The summed E-state index contributed by atoms with van der Waals surface area (Å²) in [6.07, 6.45) is 14.5. The minimum Gasteiger partial charge on any atom is -0.431 e. The molecule has 0 amide bonds. The van der Waals surface area contributed by atoms with Gasteiger partial charge in [0.1, 0.15) is 0 Å². The number of likely N-dealkylation sites (tertiary alicyclic amines) is 1. The van der Waals surface area contributed by atoms with E-state index in [0.717, 1.165) is 75.7 Å². The van der Waals surface area contributed by atoms with Crippen LogP contribution < -0.4 is 5.63 Å². The summed E-state index contributed by atoms with van der Waals surface area (Å²) in [4.78, 5) is 19.6. The van der Waals surface area contributed by atoms with Crippen LogP contribution in [0.3, 0.4) is 0 Å². The quantitative estimate of drug-likeness (QED) is 0.598. The van der Waals surface area contributed by atoms with E-state index in [2.05, 4.69) is 30.0 Å². The van der Waals surface area contributed by atoms with E-state index in [1.807, 2.05) is 6.07 Å². The van der Waals surface area contributed by atoms with Crippen LogP contribution in [0.1, 0.15) is 89.5 Å². The first-order valence-corrected chi connectivity index (χ1v) is 13.8. The third kappa shape index (κ3) is 3.66. The van der Waals surface area contributed by atoms with Crippen LogP contribution in [-0.4, -0.2) is 41.1 Å². The lowest BCUT2D eigenvalue weighted by Crippen LogP contribution is -2.60. The fourth-order valence-corrected chi connectivity index (χ4v) is 8.82. The van der Waals surface area contributed by atoms with Crippen LogP contribution in [0.15, 0.2) is 44.4 Å². The van der Waals surface area contributed by atoms with Gasteiger partial charge in [-0.15, -0.1) is 0 Å². The zero-order chi connectivity index (χ0) is 24.3. The van der Waals surface area contributed by atoms with E-state index >= 15 is 0 Å². The smallest absolute Gasteiger partial charge is 0.335 e. The van der Waals surface area contributed by atoms with Crippen molar-refractivity contribution < 1.29 is 14.4 Å². The maximum Gasteiger partial charge on any atom is 0.335 e. The highest BCUT2D eigenvalue weighted by molar-refractivity contribution is 5.96. The largest absolute Gasteiger partial charge is 0.431 e. The summed E-state index contributed by atoms with van der Waals surface area (Å²) >= 11 is 0. The summed E-state index contributed by atoms with van der Waals surface area (Å²) in [6, 6.07) is 3.44. The molecular formula is C29H40N2O4. The molecule has 0 bridgehead atoms. The van der Waals surface area contributed by atoms with Gasteiger partial charge in [0.2, 0.25) is 0 Å². The Hall–Kier alpha value is -1.92. The number of fused-ring (bicyclic) bond motifs is 5. The third-order valence-electron chi connectivity index (χ3n) is 10.9. The van der Waals surface area contributed by atoms with Gasteiger partial charge in [0.15, 0.2) is 6.73 Å². The van der Waals surface area contributed by atoms with Gasteiger partial charge < -0.3 is 14.4 Å². The van der Waals surface area contributed by atoms with Gasteiger partial charge in [-0.25, -0.2) is 4.79 Å². The molecule has 2 heterocycles. The first kappa shape index (κ1) is 23.5. The van der Waals surface area contributed by atoms with E-state index in [9.17, 15) is 9.90 Å². The maximum absolute atomic E-state index is 12.4. The van der Waals surface area contributed by atoms with E-state index in [4.69, 9.17) is 9.25 Å². The minimum atomic E-state index is -0.668. The molecule has 190 valence electrons. The lowest BCUT2D eigenvalue weighted by atomic mass is 9.45. The van der Waals surface area contributed by atoms with E-state index in [-0.39, 0.29) is 22.4 Å². The molecule has 1 aromatic rings. The normalized spacial score (nSPS) is 42.3. The van der Waals surface area contributed by atoms with Gasteiger partial charge in [0.05, 0.1) is 17.6 Å². The van der Waals surface area contributed by atoms with Crippen molar-refractivity contribution in [1.29, 1.82) is 0 Å². The Bertz CT molecular complexity index is 1070. The summed E-state index contributed by atoms with van der Waals surface area (Å²) < 4.78 is 5.22. The molecule has 0 spiro atoms. The summed E-state index contributed by atoms with van der Waals surface area (Å²) in [6.45, 7) is 7.58. The van der Waals surface area contributed by atoms with E-state index in [1.165, 1.54) is 24.5 Å². The van der Waals surface area contributed by atoms with Gasteiger partial charge in [-0.2, -0.15) is 0 Å². The second kappa shape index (κ2) is 8.58. The molecule has 1 aromatic heterocycles. The van der Waals surface area contributed by atoms with Crippen LogP contribution in [0.25, 0.3) is 0 Å². The third-order valence-corrected chi connectivity index (χ3v) is 10.9. The Morgan fingerprint density at radius 3 is 2.69 bits per heavy atom. The standard InChI is InChI=1S/C29H40N2O4/c1-27-12-9-22(30-35-19-31-15-3-4-16-31)17-21(27)6-7-25-24(27)10-13-28(2)23(11-14-29(25,28)33)20-5-8-26(32)34-18-20/h5,8,17-18,23-25,33H,3-4,6-7,9-16,19H2,1-2H3/t23-,24+,25-,27+,28-,29+/m1/s1. The van der Waals surface area contributed by atoms with Crippen molar-refractivity contribution in [3.05, 3.63) is 46.0 Å². The van der Waals surface area contributed by atoms with Gasteiger partial charge >= 0.3 is 5.63 Å². The Morgan fingerprint density at radius 2 is 1.91 bits per heavy atom. The number of nitrogens with zero attached hydrogens (tertiary/aromatic N) is 2. The van der Waals surface area contributed by atoms with Gasteiger partial charge in [-0.05, 0) is 105 Å². The van der Waals surface area contributed by atoms with Crippen LogP contribution >= 0.6 is 0 Å². The molecule has 6 heteroatoms. The number of aliphatic hydroxyl groups is 1. The molecule has 5 aliphatic rings. The highest BCUT2D eigenvalue weighted by Crippen LogP contribution is 2.69. The molecule has 6 rings (SSSR count). The van der Waals surface area contributed by atoms with Gasteiger partial charge in [-0.1, -0.05) is 24.6 Å². The molecule has 0 radical (unpaired) electrons. The van der Waals surface area contributed by atoms with E-state index < -0.39 is 5.60 Å². The number of allylic oxidation sites excluding steroid dienone is 2. The first-order valence-electron chi connectivity index (χ1n) is 13.8. The average molecular weight is 481 g/mol. The lowest BCUT2D eigenvalue weighted by Gasteiger charge is -2.61. The molecule has 1 saturated heterocycles. The molecule has 6 atom stereocenters. The lowest BCUT2D eigenvalue weighted by molar-refractivity contribution is -0.176. The van der Waals surface area contributed by atoms with E-state index in [0.29, 0.717) is 18.6 Å². The van der Waals surface area contributed by atoms with Crippen LogP contribution in [0.5, 0.6) is 0 Å². The second-order valence-corrected chi connectivity index (χ2v) is 12.4. The number of rotatable bonds is 4. The summed E-state index contributed by atoms with van der Waals surface area (Å²) in [5.74, 6) is 1.05. The maximum atomic E-state index is 12.4. The number of hydrogen-bond donors (Lipinski definition) is 1. The Balaban J connectivity index is 1.22. The van der Waals surface area contributed by atoms with Gasteiger partial charge in [0, 0.05) is 24.6 Å². The zero-order valence-electron chi connectivity index (χ0n) is 21.3. The van der Waals surface area contributed by atoms with Crippen molar-refractivity contribution in [2.75, 3.05) is 19.8 Å². The highest BCUT2D eigenvalue weighted by atomic mass is 16.6. The van der Waals surface area contributed by atoms with Crippen molar-refractivity contribution >= 4 is 5.71 Å². The van der Waals surface area contributed by atoms with Crippen molar-refractivity contribution in [3.63, 3.8) is 0 Å². The van der Waals surface area contributed by atoms with Crippen LogP contribution in [-0.2, 0) is 4.84 Å². The highest BCUT2D eigenvalue weighted by Gasteiger charge is 2.66. The van der Waals surface area contributed by atoms with Crippen LogP contribution in [0.2, 0.25) is 0 Å². The summed E-state index contributed by atoms with van der Waals surface area (Å²) in [7, 11) is 0. The fourth-order valence-electron chi connectivity index (χ4n) is 8.82. The van der Waals surface area contributed by atoms with Crippen LogP contribution in [0, 0.1) is 22.7 Å². The number of oxime groups is 1. The molecule has 35 heavy (non-hydrogen) atoms. The Kier molecular flexibility index (Phi) is 5.76. The molecule has 6 nitrogen and oxygen atoms in total. The zero-order valence-corrected chi connectivity index (χ0v) is 21.3. The number of hydrogen-bond acceptors (Lipinski definition) is 6. The van der Waals surface area contributed by atoms with Gasteiger partial charge in [-0.3, -0.25) is 4.90 Å². The summed E-state index contributed by atoms with van der Waals surface area (Å²) in [5, 5.41) is 16.9. The topological polar surface area (TPSA) is 75.3 Å². The Labute approximate surface area is 208 Å². The molecule has 1 N–H and O–H groups in total. The minimum absolute atomic E-state index is 0.131. The monoisotopic (exact) mass is 480 g/mol. The molecule has 1 aliphatic heterocycles. The van der Waals surface area contributed by atoms with Crippen molar-refractivity contribution in [2.45, 2.75) is 89.6 Å². The summed E-state index contributed by atoms with van der Waals surface area (Å²) in [5.41, 5.74) is 2.63. The molecule has 0 unspecified atom stereocenters. The van der Waals surface area contributed by atoms with Gasteiger partial charge in [0.25, 0.3) is 0 Å². The van der Waals surface area contributed by atoms with E-state index in [1.54, 1.807) is 6.26 Å². The molecular weight excluding hydrogens is 440 g/mol. The molecule has 4 aliphatic carbocycles. The molecule has 4 fully saturated rings. The fraction of sp³-hybridized carbons (Fsp3) is 0.724. The van der Waals surface area contributed by atoms with Crippen molar-refractivity contribution in [3.8, 4) is 0 Å². The molecule has 3 saturated carbocycles. The average Bonchev–Trinajstić information content (AvgIpc) is 3.46. The Morgan fingerprint density at radius 1 is 1.09 bits per heavy atom. The van der Waals surface area contributed by atoms with Crippen molar-refractivity contribution in [2.24, 2.45) is 27.8 Å². The SMILES string of the molecule is C[C@]12CCC(=NOCN3CCCC3)C=C1CC[C@@H]1[C@@H]2CC[C@]2(C)[C@@H](c3ccc(=O)oc3)CC[C@]12O. The predicted octanol–water partition coefficient (Wildman–Crippen LogP) is 5.23. The first-order chi connectivity index (χ1) is 16.8. The predicted molar refractivity (Wildman–Crippen MR) is 135 cm³/mol. The van der Waals surface area contributed by atoms with Crippen LogP contribution in [0.4, 0.5) is 0 Å². The van der Waals surface area contributed by atoms with Crippen molar-refractivity contribution in [1.82, 2.24) is 4.90 Å².